The van der Waals surface area contributed by atoms with Gasteiger partial charge in [0.2, 0.25) is 0 Å². The maximum Gasteiger partial charge on any atom is 0.290 e. The number of nitrogens with zero attached hydrogens (tertiary/aromatic N) is 1. The first-order valence-corrected chi connectivity index (χ1v) is 9.16. The highest BCUT2D eigenvalue weighted by Gasteiger charge is 2.40. The van der Waals surface area contributed by atoms with E-state index in [1.165, 1.54) is 24.3 Å². The van der Waals surface area contributed by atoms with Crippen molar-refractivity contribution in [1.29, 1.82) is 0 Å². The zero-order chi connectivity index (χ0) is 19.9. The number of aliphatic hydroxyl groups is 1. The van der Waals surface area contributed by atoms with Gasteiger partial charge in [0.25, 0.3) is 15.8 Å². The summed E-state index contributed by atoms with van der Waals surface area (Å²) in [5, 5.41) is 22.0. The van der Waals surface area contributed by atoms with E-state index in [0.29, 0.717) is 0 Å². The van der Waals surface area contributed by atoms with Crippen LogP contribution in [0.1, 0.15) is 21.5 Å². The lowest BCUT2D eigenvalue weighted by atomic mass is 9.93. The van der Waals surface area contributed by atoms with Gasteiger partial charge in [-0.3, -0.25) is 19.5 Å². The largest absolute Gasteiger partial charge is 0.507 e. The Bertz CT molecular complexity index is 1090. The van der Waals surface area contributed by atoms with Crippen molar-refractivity contribution in [3.63, 3.8) is 0 Å². The van der Waals surface area contributed by atoms with E-state index in [1.807, 2.05) is 0 Å². The zero-order valence-electron chi connectivity index (χ0n) is 13.9. The minimum atomic E-state index is -4.79. The van der Waals surface area contributed by atoms with Crippen LogP contribution in [0.3, 0.4) is 0 Å². The quantitative estimate of drug-likeness (QED) is 0.238. The van der Waals surface area contributed by atoms with Crippen LogP contribution in [0.15, 0.2) is 48.0 Å². The van der Waals surface area contributed by atoms with Crippen molar-refractivity contribution in [3.05, 3.63) is 74.8 Å². The molecule has 1 aliphatic heterocycles. The van der Waals surface area contributed by atoms with E-state index in [4.69, 9.17) is 0 Å². The maximum atomic E-state index is 12.9. The lowest BCUT2D eigenvalue weighted by Gasteiger charge is -2.27. The van der Waals surface area contributed by atoms with Crippen molar-refractivity contribution in [2.24, 2.45) is 0 Å². The topological polar surface area (TPSA) is 147 Å². The van der Waals surface area contributed by atoms with Gasteiger partial charge in [-0.15, -0.1) is 0 Å². The number of rotatable bonds is 3. The Balaban J connectivity index is 2.21. The van der Waals surface area contributed by atoms with E-state index in [1.54, 1.807) is 13.0 Å². The van der Waals surface area contributed by atoms with Crippen LogP contribution in [-0.2, 0) is 10.1 Å². The molecule has 0 aromatic heterocycles. The van der Waals surface area contributed by atoms with Gasteiger partial charge in [0.05, 0.1) is 10.5 Å². The average Bonchev–Trinajstić information content (AvgIpc) is 2.61. The molecule has 10 heteroatoms. The number of carbonyl (C=O) groups is 1. The summed E-state index contributed by atoms with van der Waals surface area (Å²) in [4.78, 5) is 23.0. The van der Waals surface area contributed by atoms with Gasteiger partial charge in [-0.1, -0.05) is 11.6 Å². The van der Waals surface area contributed by atoms with Crippen LogP contribution >= 0.6 is 0 Å². The molecule has 3 rings (SSSR count). The van der Waals surface area contributed by atoms with Crippen LogP contribution in [0.2, 0.25) is 0 Å². The Morgan fingerprint density at radius 3 is 2.37 bits per heavy atom. The fraction of sp³-hybridized carbons (Fsp3) is 0.118. The molecule has 9 nitrogen and oxygen atoms in total. The third kappa shape index (κ3) is 3.39. The van der Waals surface area contributed by atoms with Crippen LogP contribution < -0.4 is 5.32 Å². The molecule has 0 aliphatic carbocycles. The third-order valence-electron chi connectivity index (χ3n) is 4.12. The van der Waals surface area contributed by atoms with Crippen LogP contribution in [0, 0.1) is 17.0 Å². The summed E-state index contributed by atoms with van der Waals surface area (Å²) < 4.78 is 33.2. The molecule has 0 amide bonds. The molecule has 140 valence electrons. The number of ketones is 1. The van der Waals surface area contributed by atoms with Gasteiger partial charge in [0, 0.05) is 28.9 Å². The van der Waals surface area contributed by atoms with E-state index in [2.05, 4.69) is 5.32 Å². The first-order valence-electron chi connectivity index (χ1n) is 7.65. The van der Waals surface area contributed by atoms with E-state index in [-0.39, 0.29) is 22.5 Å². The van der Waals surface area contributed by atoms with E-state index >= 15 is 0 Å². The van der Waals surface area contributed by atoms with Gasteiger partial charge in [0.15, 0.2) is 11.2 Å². The van der Waals surface area contributed by atoms with Gasteiger partial charge in [-0.2, -0.15) is 8.42 Å². The highest BCUT2D eigenvalue weighted by atomic mass is 32.2. The van der Waals surface area contributed by atoms with Crippen LogP contribution in [0.25, 0.3) is 5.76 Å². The average molecular weight is 390 g/mol. The number of hydrogen-bond donors (Lipinski definition) is 3. The summed E-state index contributed by atoms with van der Waals surface area (Å²) >= 11 is 0. The Morgan fingerprint density at radius 1 is 1.19 bits per heavy atom. The Morgan fingerprint density at radius 2 is 1.81 bits per heavy atom. The van der Waals surface area contributed by atoms with E-state index in [9.17, 15) is 33.0 Å². The van der Waals surface area contributed by atoms with Gasteiger partial charge in [-0.05, 0) is 31.2 Å². The first-order chi connectivity index (χ1) is 12.6. The number of hydrogen-bond acceptors (Lipinski definition) is 7. The standard InChI is InChI=1S/C17H14N2O7S/c1-9-2-7-13-12(8-9)16(21)14(17(18-13)27(24,25)26)15(20)10-3-5-11(6-4-10)19(22)23/h2-8,17-18,20H,1H3,(H,24,25,26). The molecule has 0 saturated heterocycles. The fourth-order valence-electron chi connectivity index (χ4n) is 2.80. The molecule has 0 spiro atoms. The maximum absolute atomic E-state index is 12.9. The number of aryl methyl sites for hydroxylation is 1. The van der Waals surface area contributed by atoms with Crippen molar-refractivity contribution >= 4 is 33.0 Å². The van der Waals surface area contributed by atoms with Gasteiger partial charge in [-0.25, -0.2) is 0 Å². The minimum Gasteiger partial charge on any atom is -0.507 e. The summed E-state index contributed by atoms with van der Waals surface area (Å²) in [6.07, 6.45) is 0. The number of fused-ring (bicyclic) bond motifs is 1. The molecule has 0 bridgehead atoms. The van der Waals surface area contributed by atoms with Crippen molar-refractivity contribution in [2.75, 3.05) is 5.32 Å². The number of Topliss-reactive ketones (excluding diaryl/α,β-unsaturated/α-hetero) is 1. The Kier molecular flexibility index (Phi) is 4.46. The zero-order valence-corrected chi connectivity index (χ0v) is 14.7. The predicted octanol–water partition coefficient (Wildman–Crippen LogP) is 2.69. The summed E-state index contributed by atoms with van der Waals surface area (Å²) in [6, 6.07) is 9.25. The van der Waals surface area contributed by atoms with Gasteiger partial charge < -0.3 is 10.4 Å². The lowest BCUT2D eigenvalue weighted by molar-refractivity contribution is -0.384. The van der Waals surface area contributed by atoms with E-state index in [0.717, 1.165) is 17.7 Å². The highest BCUT2D eigenvalue weighted by Crippen LogP contribution is 2.34. The number of nitro groups is 1. The van der Waals surface area contributed by atoms with Crippen LogP contribution in [0.4, 0.5) is 11.4 Å². The number of nitrogens with one attached hydrogen (secondary N) is 1. The van der Waals surface area contributed by atoms with Crippen LogP contribution in [0.5, 0.6) is 0 Å². The second-order valence-electron chi connectivity index (χ2n) is 5.98. The summed E-state index contributed by atoms with van der Waals surface area (Å²) in [7, 11) is -4.79. The van der Waals surface area contributed by atoms with Crippen molar-refractivity contribution in [3.8, 4) is 0 Å². The van der Waals surface area contributed by atoms with Gasteiger partial charge >= 0.3 is 0 Å². The molecule has 1 unspecified atom stereocenters. The van der Waals surface area contributed by atoms with Crippen molar-refractivity contribution < 1.29 is 27.8 Å². The summed E-state index contributed by atoms with van der Waals surface area (Å²) in [5.74, 6) is -1.47. The smallest absolute Gasteiger partial charge is 0.290 e. The van der Waals surface area contributed by atoms with E-state index < -0.39 is 37.5 Å². The normalized spacial score (nSPS) is 18.4. The monoisotopic (exact) mass is 390 g/mol. The molecule has 3 N–H and O–H groups in total. The minimum absolute atomic E-state index is 0.00416. The number of benzene rings is 2. The number of nitro benzene ring substituents is 1. The fourth-order valence-corrected chi connectivity index (χ4v) is 3.59. The van der Waals surface area contributed by atoms with Crippen molar-refractivity contribution in [2.45, 2.75) is 12.3 Å². The molecule has 1 heterocycles. The molecule has 1 aliphatic rings. The summed E-state index contributed by atoms with van der Waals surface area (Å²) in [5.41, 5.74) is 0.270. The molecule has 1 atom stereocenters. The second kappa shape index (κ2) is 6.49. The number of carbonyl (C=O) groups excluding carboxylic acids is 1. The lowest BCUT2D eigenvalue weighted by Crippen LogP contribution is -2.39. The molecule has 2 aromatic carbocycles. The number of aliphatic hydroxyl groups excluding tert-OH is 1. The number of non-ortho nitro benzene ring substituents is 1. The Labute approximate surface area is 153 Å². The summed E-state index contributed by atoms with van der Waals surface area (Å²) in [6.45, 7) is 1.74. The molecule has 0 fully saturated rings. The molecular formula is C17H14N2O7S. The number of anilines is 1. The third-order valence-corrected chi connectivity index (χ3v) is 5.07. The SMILES string of the molecule is Cc1ccc2c(c1)C(=O)C(=C(O)c1ccc([N+](=O)[O-])cc1)C(S(=O)(=O)O)N2. The second-order valence-corrected chi connectivity index (χ2v) is 7.49. The molecule has 2 aromatic rings. The molecule has 0 saturated carbocycles. The molecule has 0 radical (unpaired) electrons. The Hall–Kier alpha value is -3.24. The predicted molar refractivity (Wildman–Crippen MR) is 97.1 cm³/mol. The van der Waals surface area contributed by atoms with Gasteiger partial charge in [0.1, 0.15) is 5.76 Å². The van der Waals surface area contributed by atoms with Crippen molar-refractivity contribution in [1.82, 2.24) is 0 Å². The first kappa shape index (κ1) is 18.5. The highest BCUT2D eigenvalue weighted by molar-refractivity contribution is 7.86. The molecule has 27 heavy (non-hydrogen) atoms. The molecular weight excluding hydrogens is 376 g/mol. The van der Waals surface area contributed by atoms with Crippen LogP contribution in [-0.4, -0.2) is 34.2 Å².